The number of nitrogens with one attached hydrogen (secondary N) is 2. The molecule has 0 radical (unpaired) electrons. The van der Waals surface area contributed by atoms with Crippen LogP contribution in [0.3, 0.4) is 0 Å². The van der Waals surface area contributed by atoms with E-state index in [2.05, 4.69) is 24.5 Å². The van der Waals surface area contributed by atoms with Gasteiger partial charge in [-0.25, -0.2) is 0 Å². The van der Waals surface area contributed by atoms with Crippen LogP contribution in [0.1, 0.15) is 39.5 Å². The van der Waals surface area contributed by atoms with E-state index in [0.717, 1.165) is 19.6 Å². The second kappa shape index (κ2) is 4.74. The molecule has 0 aromatic carbocycles. The SMILES string of the molecule is CC1(C)CCC(CNC(=O)C2CNC2)CC1. The highest BCUT2D eigenvalue weighted by atomic mass is 16.2. The molecule has 0 aromatic rings. The molecule has 2 N–H and O–H groups in total. The van der Waals surface area contributed by atoms with Gasteiger partial charge in [0.05, 0.1) is 5.92 Å². The van der Waals surface area contributed by atoms with E-state index in [0.29, 0.717) is 11.3 Å². The molecule has 1 saturated carbocycles. The van der Waals surface area contributed by atoms with Gasteiger partial charge in [-0.2, -0.15) is 0 Å². The van der Waals surface area contributed by atoms with Crippen LogP contribution in [-0.2, 0) is 4.79 Å². The fourth-order valence-electron chi connectivity index (χ4n) is 2.53. The Morgan fingerprint density at radius 3 is 2.44 bits per heavy atom. The molecule has 92 valence electrons. The predicted molar refractivity (Wildman–Crippen MR) is 65.1 cm³/mol. The Labute approximate surface area is 98.4 Å². The molecule has 0 aromatic heterocycles. The Balaban J connectivity index is 1.65. The highest BCUT2D eigenvalue weighted by Gasteiger charge is 2.28. The molecule has 0 unspecified atom stereocenters. The van der Waals surface area contributed by atoms with Crippen LogP contribution in [0.4, 0.5) is 0 Å². The molecule has 2 rings (SSSR count). The van der Waals surface area contributed by atoms with Crippen molar-refractivity contribution in [2.45, 2.75) is 39.5 Å². The molecule has 1 aliphatic heterocycles. The van der Waals surface area contributed by atoms with Crippen molar-refractivity contribution in [1.82, 2.24) is 10.6 Å². The van der Waals surface area contributed by atoms with Gasteiger partial charge >= 0.3 is 0 Å². The molecule has 3 heteroatoms. The smallest absolute Gasteiger partial charge is 0.225 e. The van der Waals surface area contributed by atoms with E-state index >= 15 is 0 Å². The van der Waals surface area contributed by atoms with Crippen LogP contribution in [0.2, 0.25) is 0 Å². The van der Waals surface area contributed by atoms with Crippen molar-refractivity contribution < 1.29 is 4.79 Å². The molecular formula is C13H24N2O. The van der Waals surface area contributed by atoms with Gasteiger partial charge in [0.25, 0.3) is 0 Å². The first-order valence-corrected chi connectivity index (χ1v) is 6.55. The van der Waals surface area contributed by atoms with Gasteiger partial charge in [-0.15, -0.1) is 0 Å². The average molecular weight is 224 g/mol. The molecule has 2 fully saturated rings. The summed E-state index contributed by atoms with van der Waals surface area (Å²) in [5.74, 6) is 1.20. The van der Waals surface area contributed by atoms with E-state index in [1.807, 2.05) is 0 Å². The lowest BCUT2D eigenvalue weighted by Crippen LogP contribution is -2.51. The highest BCUT2D eigenvalue weighted by molar-refractivity contribution is 5.79. The molecule has 0 spiro atoms. The normalized spacial score (nSPS) is 26.1. The van der Waals surface area contributed by atoms with Crippen molar-refractivity contribution in [2.24, 2.45) is 17.3 Å². The lowest BCUT2D eigenvalue weighted by atomic mass is 9.73. The van der Waals surface area contributed by atoms with Crippen molar-refractivity contribution in [2.75, 3.05) is 19.6 Å². The van der Waals surface area contributed by atoms with E-state index in [9.17, 15) is 4.79 Å². The maximum Gasteiger partial charge on any atom is 0.225 e. The lowest BCUT2D eigenvalue weighted by Gasteiger charge is -2.35. The van der Waals surface area contributed by atoms with Crippen molar-refractivity contribution in [1.29, 1.82) is 0 Å². The Morgan fingerprint density at radius 2 is 1.94 bits per heavy atom. The number of hydrogen-bond acceptors (Lipinski definition) is 2. The summed E-state index contributed by atoms with van der Waals surface area (Å²) in [6, 6.07) is 0. The fraction of sp³-hybridized carbons (Fsp3) is 0.923. The van der Waals surface area contributed by atoms with Crippen LogP contribution in [0.15, 0.2) is 0 Å². The van der Waals surface area contributed by atoms with Crippen LogP contribution >= 0.6 is 0 Å². The van der Waals surface area contributed by atoms with Crippen molar-refractivity contribution >= 4 is 5.91 Å². The van der Waals surface area contributed by atoms with Crippen molar-refractivity contribution in [3.8, 4) is 0 Å². The van der Waals surface area contributed by atoms with E-state index in [1.165, 1.54) is 25.7 Å². The van der Waals surface area contributed by atoms with Gasteiger partial charge in [0.1, 0.15) is 0 Å². The number of carbonyl (C=O) groups is 1. The summed E-state index contributed by atoms with van der Waals surface area (Å²) < 4.78 is 0. The summed E-state index contributed by atoms with van der Waals surface area (Å²) in [5, 5.41) is 6.23. The minimum Gasteiger partial charge on any atom is -0.356 e. The Hall–Kier alpha value is -0.570. The molecule has 1 amide bonds. The molecule has 1 saturated heterocycles. The van der Waals surface area contributed by atoms with Gasteiger partial charge < -0.3 is 10.6 Å². The van der Waals surface area contributed by atoms with Crippen LogP contribution < -0.4 is 10.6 Å². The second-order valence-electron chi connectivity index (χ2n) is 6.21. The first-order valence-electron chi connectivity index (χ1n) is 6.55. The molecule has 0 bridgehead atoms. The number of carbonyl (C=O) groups excluding carboxylic acids is 1. The maximum atomic E-state index is 11.6. The molecular weight excluding hydrogens is 200 g/mol. The fourth-order valence-corrected chi connectivity index (χ4v) is 2.53. The van der Waals surface area contributed by atoms with Gasteiger partial charge in [-0.3, -0.25) is 4.79 Å². The number of hydrogen-bond donors (Lipinski definition) is 2. The summed E-state index contributed by atoms with van der Waals surface area (Å²) in [6.45, 7) is 7.32. The number of amides is 1. The zero-order valence-electron chi connectivity index (χ0n) is 10.5. The summed E-state index contributed by atoms with van der Waals surface area (Å²) in [5.41, 5.74) is 0.526. The summed E-state index contributed by atoms with van der Waals surface area (Å²) >= 11 is 0. The minimum atomic E-state index is 0.236. The molecule has 1 heterocycles. The summed E-state index contributed by atoms with van der Waals surface area (Å²) in [6.07, 6.45) is 5.16. The predicted octanol–water partition coefficient (Wildman–Crippen LogP) is 1.54. The molecule has 16 heavy (non-hydrogen) atoms. The Morgan fingerprint density at radius 1 is 1.31 bits per heavy atom. The van der Waals surface area contributed by atoms with Crippen LogP contribution in [-0.4, -0.2) is 25.5 Å². The van der Waals surface area contributed by atoms with Crippen LogP contribution in [0.25, 0.3) is 0 Å². The average Bonchev–Trinajstić information content (AvgIpc) is 2.13. The Bertz CT molecular complexity index is 249. The van der Waals surface area contributed by atoms with Gasteiger partial charge in [0.2, 0.25) is 5.91 Å². The standard InChI is InChI=1S/C13H24N2O/c1-13(2)5-3-10(4-6-13)7-15-12(16)11-8-14-9-11/h10-11,14H,3-9H2,1-2H3,(H,15,16). The van der Waals surface area contributed by atoms with Crippen LogP contribution in [0.5, 0.6) is 0 Å². The Kier molecular flexibility index (Phi) is 3.53. The monoisotopic (exact) mass is 224 g/mol. The highest BCUT2D eigenvalue weighted by Crippen LogP contribution is 2.37. The van der Waals surface area contributed by atoms with Gasteiger partial charge in [0.15, 0.2) is 0 Å². The molecule has 3 nitrogen and oxygen atoms in total. The third kappa shape index (κ3) is 2.97. The summed E-state index contributed by atoms with van der Waals surface area (Å²) in [7, 11) is 0. The topological polar surface area (TPSA) is 41.1 Å². The van der Waals surface area contributed by atoms with E-state index in [-0.39, 0.29) is 11.8 Å². The molecule has 2 aliphatic rings. The second-order valence-corrected chi connectivity index (χ2v) is 6.21. The number of rotatable bonds is 3. The minimum absolute atomic E-state index is 0.236. The quantitative estimate of drug-likeness (QED) is 0.763. The zero-order valence-corrected chi connectivity index (χ0v) is 10.5. The molecule has 1 aliphatic carbocycles. The first kappa shape index (κ1) is 11.9. The lowest BCUT2D eigenvalue weighted by molar-refractivity contribution is -0.126. The third-order valence-corrected chi connectivity index (χ3v) is 4.18. The van der Waals surface area contributed by atoms with Gasteiger partial charge in [-0.05, 0) is 37.0 Å². The zero-order chi connectivity index (χ0) is 11.6. The van der Waals surface area contributed by atoms with Crippen molar-refractivity contribution in [3.05, 3.63) is 0 Å². The molecule has 0 atom stereocenters. The van der Waals surface area contributed by atoms with E-state index in [1.54, 1.807) is 0 Å². The van der Waals surface area contributed by atoms with E-state index < -0.39 is 0 Å². The van der Waals surface area contributed by atoms with Crippen molar-refractivity contribution in [3.63, 3.8) is 0 Å². The maximum absolute atomic E-state index is 11.6. The van der Waals surface area contributed by atoms with Gasteiger partial charge in [0, 0.05) is 19.6 Å². The first-order chi connectivity index (χ1) is 7.57. The van der Waals surface area contributed by atoms with E-state index in [4.69, 9.17) is 0 Å². The third-order valence-electron chi connectivity index (χ3n) is 4.18. The van der Waals surface area contributed by atoms with Gasteiger partial charge in [-0.1, -0.05) is 13.8 Å². The largest absolute Gasteiger partial charge is 0.356 e. The van der Waals surface area contributed by atoms with Crippen LogP contribution in [0, 0.1) is 17.3 Å². The summed E-state index contributed by atoms with van der Waals surface area (Å²) in [4.78, 5) is 11.6.